The lowest BCUT2D eigenvalue weighted by molar-refractivity contribution is 0.0696. The lowest BCUT2D eigenvalue weighted by Crippen LogP contribution is -2.23. The van der Waals surface area contributed by atoms with Crippen LogP contribution in [0, 0.1) is 6.92 Å². The summed E-state index contributed by atoms with van der Waals surface area (Å²) in [7, 11) is 1.29. The average molecular weight is 512 g/mol. The number of carboxylic acid groups (broad SMARTS) is 1. The SMILES string of the molecule is C/N=C(\C=C(/Nc1ccccc1Cl)c1ccc(C(=O)Nc2ccc(C(=O)O)cc2C)cc1)C(C)(F)F. The lowest BCUT2D eigenvalue weighted by atomic mass is 10.0. The van der Waals surface area contributed by atoms with Gasteiger partial charge in [0.15, 0.2) is 0 Å². The van der Waals surface area contributed by atoms with Crippen molar-refractivity contribution in [1.29, 1.82) is 0 Å². The van der Waals surface area contributed by atoms with Gasteiger partial charge in [-0.25, -0.2) is 4.79 Å². The fraction of sp³-hybridized carbons (Fsp3) is 0.148. The maximum atomic E-state index is 14.0. The van der Waals surface area contributed by atoms with Gasteiger partial charge in [-0.2, -0.15) is 8.78 Å². The first-order valence-corrected chi connectivity index (χ1v) is 11.2. The third kappa shape index (κ3) is 6.55. The fourth-order valence-corrected chi connectivity index (χ4v) is 3.54. The standard InChI is InChI=1S/C27H24ClF2N3O3/c1-16-14-19(26(35)36)12-13-21(16)33-25(34)18-10-8-17(9-11-18)23(15-24(31-3)27(2,29)30)32-22-7-5-4-6-20(22)28/h4-15,32H,1-3H3,(H,33,34)(H,35,36)/b23-15-,31-24+. The second-order valence-electron chi connectivity index (χ2n) is 8.03. The normalized spacial score (nSPS) is 12.3. The minimum Gasteiger partial charge on any atom is -0.478 e. The highest BCUT2D eigenvalue weighted by molar-refractivity contribution is 6.33. The molecule has 3 aromatic rings. The first-order valence-electron chi connectivity index (χ1n) is 10.8. The van der Waals surface area contributed by atoms with Crippen LogP contribution in [0.4, 0.5) is 20.2 Å². The number of anilines is 2. The number of nitrogens with zero attached hydrogens (tertiary/aromatic N) is 1. The molecule has 0 aliphatic carbocycles. The minimum absolute atomic E-state index is 0.118. The van der Waals surface area contributed by atoms with Crippen LogP contribution < -0.4 is 10.6 Å². The Morgan fingerprint density at radius 2 is 1.56 bits per heavy atom. The highest BCUT2D eigenvalue weighted by atomic mass is 35.5. The van der Waals surface area contributed by atoms with E-state index < -0.39 is 23.5 Å². The molecule has 0 aliphatic rings. The number of carboxylic acids is 1. The summed E-state index contributed by atoms with van der Waals surface area (Å²) >= 11 is 6.25. The molecule has 0 atom stereocenters. The van der Waals surface area contributed by atoms with Crippen molar-refractivity contribution in [2.75, 3.05) is 17.7 Å². The molecule has 0 spiro atoms. The second kappa shape index (κ2) is 11.1. The molecule has 0 heterocycles. The van der Waals surface area contributed by atoms with Crippen molar-refractivity contribution in [3.05, 3.63) is 100 Å². The van der Waals surface area contributed by atoms with Gasteiger partial charge in [-0.1, -0.05) is 35.9 Å². The van der Waals surface area contributed by atoms with E-state index in [1.807, 2.05) is 0 Å². The summed E-state index contributed by atoms with van der Waals surface area (Å²) in [6.07, 6.45) is 1.24. The van der Waals surface area contributed by atoms with E-state index in [0.717, 1.165) is 6.92 Å². The molecule has 0 saturated heterocycles. The topological polar surface area (TPSA) is 90.8 Å². The van der Waals surface area contributed by atoms with Gasteiger partial charge < -0.3 is 15.7 Å². The molecule has 3 rings (SSSR count). The quantitative estimate of drug-likeness (QED) is 0.291. The van der Waals surface area contributed by atoms with Gasteiger partial charge in [0.05, 0.1) is 16.3 Å². The van der Waals surface area contributed by atoms with E-state index in [1.54, 1.807) is 55.5 Å². The Bertz CT molecular complexity index is 1350. The van der Waals surface area contributed by atoms with Crippen LogP contribution in [0.3, 0.4) is 0 Å². The van der Waals surface area contributed by atoms with Crippen LogP contribution >= 0.6 is 11.6 Å². The van der Waals surface area contributed by atoms with Gasteiger partial charge in [-0.05, 0) is 66.6 Å². The van der Waals surface area contributed by atoms with Gasteiger partial charge in [0.1, 0.15) is 5.71 Å². The summed E-state index contributed by atoms with van der Waals surface area (Å²) in [6.45, 7) is 2.45. The number of nitrogens with one attached hydrogen (secondary N) is 2. The number of rotatable bonds is 8. The van der Waals surface area contributed by atoms with E-state index in [-0.39, 0.29) is 5.56 Å². The van der Waals surface area contributed by atoms with Crippen molar-refractivity contribution in [1.82, 2.24) is 0 Å². The van der Waals surface area contributed by atoms with Crippen LogP contribution in [-0.4, -0.2) is 35.7 Å². The fourth-order valence-electron chi connectivity index (χ4n) is 3.36. The number of hydrogen-bond donors (Lipinski definition) is 3. The summed E-state index contributed by atoms with van der Waals surface area (Å²) < 4.78 is 28.1. The van der Waals surface area contributed by atoms with Crippen LogP contribution in [-0.2, 0) is 0 Å². The minimum atomic E-state index is -3.17. The number of amides is 1. The maximum Gasteiger partial charge on any atom is 0.335 e. The molecule has 36 heavy (non-hydrogen) atoms. The van der Waals surface area contributed by atoms with E-state index in [1.165, 1.54) is 31.3 Å². The van der Waals surface area contributed by atoms with Crippen molar-refractivity contribution >= 4 is 46.3 Å². The third-order valence-corrected chi connectivity index (χ3v) is 5.62. The molecular formula is C27H24ClF2N3O3. The monoisotopic (exact) mass is 511 g/mol. The van der Waals surface area contributed by atoms with Crippen LogP contribution in [0.5, 0.6) is 0 Å². The highest BCUT2D eigenvalue weighted by Crippen LogP contribution is 2.27. The van der Waals surface area contributed by atoms with E-state index in [0.29, 0.717) is 38.8 Å². The van der Waals surface area contributed by atoms with E-state index in [2.05, 4.69) is 15.6 Å². The number of aromatic carboxylic acids is 1. The molecule has 9 heteroatoms. The van der Waals surface area contributed by atoms with Gasteiger partial charge in [-0.15, -0.1) is 0 Å². The molecule has 3 aromatic carbocycles. The second-order valence-corrected chi connectivity index (χ2v) is 8.43. The Hall–Kier alpha value is -4.04. The van der Waals surface area contributed by atoms with Gasteiger partial charge in [0.2, 0.25) is 0 Å². The van der Waals surface area contributed by atoms with E-state index in [9.17, 15) is 18.4 Å². The largest absolute Gasteiger partial charge is 0.478 e. The smallest absolute Gasteiger partial charge is 0.335 e. The van der Waals surface area contributed by atoms with Crippen LogP contribution in [0.2, 0.25) is 5.02 Å². The number of aryl methyl sites for hydroxylation is 1. The molecule has 3 N–H and O–H groups in total. The number of halogens is 3. The molecule has 1 amide bonds. The molecule has 0 bridgehead atoms. The summed E-state index contributed by atoms with van der Waals surface area (Å²) in [5, 5.41) is 15.3. The van der Waals surface area contributed by atoms with Crippen molar-refractivity contribution in [3.63, 3.8) is 0 Å². The molecule has 0 fully saturated rings. The summed E-state index contributed by atoms with van der Waals surface area (Å²) in [6, 6.07) is 17.6. The predicted octanol–water partition coefficient (Wildman–Crippen LogP) is 6.78. The Kier molecular flexibility index (Phi) is 8.22. The van der Waals surface area contributed by atoms with Gasteiger partial charge >= 0.3 is 5.97 Å². The Balaban J connectivity index is 1.90. The summed E-state index contributed by atoms with van der Waals surface area (Å²) in [5.74, 6) is -4.64. The van der Waals surface area contributed by atoms with Crippen LogP contribution in [0.25, 0.3) is 5.70 Å². The number of hydrogen-bond acceptors (Lipinski definition) is 4. The summed E-state index contributed by atoms with van der Waals surface area (Å²) in [4.78, 5) is 27.6. The van der Waals surface area contributed by atoms with Crippen LogP contribution in [0.15, 0.2) is 77.8 Å². The number of carbonyl (C=O) groups excluding carboxylic acids is 1. The Labute approximate surface area is 212 Å². The molecule has 0 aromatic heterocycles. The zero-order valence-corrected chi connectivity index (χ0v) is 20.5. The molecule has 6 nitrogen and oxygen atoms in total. The molecule has 0 saturated carbocycles. The number of benzene rings is 3. The Morgan fingerprint density at radius 3 is 2.11 bits per heavy atom. The maximum absolute atomic E-state index is 14.0. The van der Waals surface area contributed by atoms with Gasteiger partial charge in [0.25, 0.3) is 11.8 Å². The lowest BCUT2D eigenvalue weighted by Gasteiger charge is -2.16. The predicted molar refractivity (Wildman–Crippen MR) is 140 cm³/mol. The zero-order valence-electron chi connectivity index (χ0n) is 19.8. The molecule has 0 radical (unpaired) electrons. The van der Waals surface area contributed by atoms with Crippen LogP contribution in [0.1, 0.15) is 38.8 Å². The zero-order chi connectivity index (χ0) is 26.5. The molecule has 0 aliphatic heterocycles. The first-order chi connectivity index (χ1) is 17.0. The first kappa shape index (κ1) is 26.6. The van der Waals surface area contributed by atoms with Crippen molar-refractivity contribution in [2.24, 2.45) is 4.99 Å². The molecule has 186 valence electrons. The number of allylic oxidation sites excluding steroid dienone is 1. The third-order valence-electron chi connectivity index (χ3n) is 5.29. The summed E-state index contributed by atoms with van der Waals surface area (Å²) in [5.41, 5.74) is 2.44. The van der Waals surface area contributed by atoms with Gasteiger partial charge in [-0.3, -0.25) is 9.79 Å². The van der Waals surface area contributed by atoms with Crippen molar-refractivity contribution < 1.29 is 23.5 Å². The molecule has 0 unspecified atom stereocenters. The Morgan fingerprint density at radius 1 is 0.944 bits per heavy atom. The number of alkyl halides is 2. The average Bonchev–Trinajstić information content (AvgIpc) is 2.83. The number of carbonyl (C=O) groups is 2. The van der Waals surface area contributed by atoms with Crippen molar-refractivity contribution in [3.8, 4) is 0 Å². The molecular weight excluding hydrogens is 488 g/mol. The van der Waals surface area contributed by atoms with Crippen molar-refractivity contribution in [2.45, 2.75) is 19.8 Å². The van der Waals surface area contributed by atoms with Gasteiger partial charge in [0, 0.05) is 30.9 Å². The number of para-hydroxylation sites is 1. The number of aliphatic imine (C=N–C) groups is 1. The van der Waals surface area contributed by atoms with E-state index in [4.69, 9.17) is 16.7 Å². The van der Waals surface area contributed by atoms with E-state index >= 15 is 0 Å². The highest BCUT2D eigenvalue weighted by Gasteiger charge is 2.28.